The number of likely N-dealkylation sites (tertiary alicyclic amines) is 1. The van der Waals surface area contributed by atoms with Crippen LogP contribution in [0.15, 0.2) is 84.9 Å². The van der Waals surface area contributed by atoms with E-state index in [0.29, 0.717) is 0 Å². The summed E-state index contributed by atoms with van der Waals surface area (Å²) in [5.41, 5.74) is 3.26. The Morgan fingerprint density at radius 1 is 0.903 bits per heavy atom. The number of aryl methyl sites for hydroxylation is 1. The van der Waals surface area contributed by atoms with Crippen LogP contribution < -0.4 is 5.32 Å². The first kappa shape index (κ1) is 21.5. The Bertz CT molecular complexity index is 959. The maximum absolute atomic E-state index is 12.0. The zero-order valence-electron chi connectivity index (χ0n) is 18.0. The third-order valence-electron chi connectivity index (χ3n) is 6.44. The van der Waals surface area contributed by atoms with Crippen LogP contribution in [0.1, 0.15) is 36.5 Å². The van der Waals surface area contributed by atoms with Gasteiger partial charge in [-0.15, -0.1) is 0 Å². The molecule has 1 aliphatic rings. The fourth-order valence-electron chi connectivity index (χ4n) is 4.67. The van der Waals surface area contributed by atoms with Crippen molar-refractivity contribution in [3.05, 3.63) is 102 Å². The zero-order valence-corrected chi connectivity index (χ0v) is 18.8. The van der Waals surface area contributed by atoms with Crippen LogP contribution >= 0.6 is 12.2 Å². The van der Waals surface area contributed by atoms with E-state index < -0.39 is 5.60 Å². The number of para-hydroxylation sites is 1. The van der Waals surface area contributed by atoms with E-state index in [-0.39, 0.29) is 5.92 Å². The lowest BCUT2D eigenvalue weighted by molar-refractivity contribution is -0.00631. The molecule has 0 radical (unpaired) electrons. The minimum Gasteiger partial charge on any atom is -0.380 e. The number of piperidine rings is 1. The number of benzene rings is 3. The number of thiocarbonyl (C=S) groups is 1. The van der Waals surface area contributed by atoms with E-state index in [1.165, 1.54) is 5.56 Å². The average molecular weight is 431 g/mol. The largest absolute Gasteiger partial charge is 0.380 e. The highest BCUT2D eigenvalue weighted by Crippen LogP contribution is 2.42. The number of rotatable bonds is 5. The molecule has 4 rings (SSSR count). The summed E-state index contributed by atoms with van der Waals surface area (Å²) in [6, 6.07) is 28.5. The van der Waals surface area contributed by atoms with Crippen LogP contribution in [0.2, 0.25) is 0 Å². The molecule has 1 heterocycles. The van der Waals surface area contributed by atoms with Crippen LogP contribution in [0.25, 0.3) is 0 Å². The molecule has 160 valence electrons. The molecule has 0 aliphatic carbocycles. The topological polar surface area (TPSA) is 35.5 Å². The number of hydrogen-bond acceptors (Lipinski definition) is 2. The highest BCUT2D eigenvalue weighted by atomic mass is 32.1. The fraction of sp³-hybridized carbons (Fsp3) is 0.296. The van der Waals surface area contributed by atoms with Gasteiger partial charge in [0.05, 0.1) is 0 Å². The van der Waals surface area contributed by atoms with E-state index in [2.05, 4.69) is 35.3 Å². The second kappa shape index (κ2) is 9.63. The van der Waals surface area contributed by atoms with E-state index in [4.69, 9.17) is 12.2 Å². The molecule has 3 aromatic carbocycles. The summed E-state index contributed by atoms with van der Waals surface area (Å²) in [4.78, 5) is 2.23. The van der Waals surface area contributed by atoms with Crippen molar-refractivity contribution in [1.29, 1.82) is 0 Å². The zero-order chi connectivity index (χ0) is 21.7. The lowest BCUT2D eigenvalue weighted by atomic mass is 9.72. The smallest absolute Gasteiger partial charge is 0.173 e. The maximum Gasteiger partial charge on any atom is 0.173 e. The molecule has 0 unspecified atom stereocenters. The van der Waals surface area contributed by atoms with Crippen LogP contribution in [-0.2, 0) is 12.0 Å². The molecule has 0 saturated carbocycles. The summed E-state index contributed by atoms with van der Waals surface area (Å²) in [5.74, 6) is 0.124. The molecule has 3 aromatic rings. The van der Waals surface area contributed by atoms with Crippen LogP contribution in [0.3, 0.4) is 0 Å². The molecule has 2 N–H and O–H groups in total. The summed E-state index contributed by atoms with van der Waals surface area (Å²) in [5, 5.41) is 16.2. The molecular weight excluding hydrogens is 400 g/mol. The van der Waals surface area contributed by atoms with Gasteiger partial charge in [-0.2, -0.15) is 0 Å². The first-order valence-corrected chi connectivity index (χ1v) is 11.5. The van der Waals surface area contributed by atoms with Crippen molar-refractivity contribution in [2.24, 2.45) is 5.92 Å². The summed E-state index contributed by atoms with van der Waals surface area (Å²) in [6.07, 6.45) is 2.71. The normalized spacial score (nSPS) is 15.0. The highest BCUT2D eigenvalue weighted by Gasteiger charge is 2.41. The molecule has 1 aliphatic heterocycles. The molecule has 0 amide bonds. The Morgan fingerprint density at radius 3 is 1.97 bits per heavy atom. The Kier molecular flexibility index (Phi) is 6.69. The summed E-state index contributed by atoms with van der Waals surface area (Å²) >= 11 is 5.73. The Balaban J connectivity index is 1.50. The van der Waals surface area contributed by atoms with Gasteiger partial charge >= 0.3 is 0 Å². The fourth-order valence-corrected chi connectivity index (χ4v) is 4.96. The standard InChI is InChI=1S/C27H30N2OS/c1-2-21-11-9-10-16-25(21)28-26(31)29-19-17-24(18-20-29)27(30,22-12-5-3-6-13-22)23-14-7-4-8-15-23/h3-16,24,30H,2,17-20H2,1H3,(H,28,31). The molecule has 0 atom stereocenters. The van der Waals surface area contributed by atoms with Gasteiger partial charge in [0.15, 0.2) is 5.11 Å². The lowest BCUT2D eigenvalue weighted by Gasteiger charge is -2.43. The number of nitrogens with one attached hydrogen (secondary N) is 1. The van der Waals surface area contributed by atoms with Crippen molar-refractivity contribution >= 4 is 23.0 Å². The monoisotopic (exact) mass is 430 g/mol. The minimum absolute atomic E-state index is 0.124. The predicted molar refractivity (Wildman–Crippen MR) is 132 cm³/mol. The van der Waals surface area contributed by atoms with Gasteiger partial charge in [0.1, 0.15) is 5.60 Å². The van der Waals surface area contributed by atoms with Crippen LogP contribution in [-0.4, -0.2) is 28.2 Å². The van der Waals surface area contributed by atoms with Crippen molar-refractivity contribution in [2.45, 2.75) is 31.8 Å². The molecule has 0 spiro atoms. The Labute approximate surface area is 190 Å². The van der Waals surface area contributed by atoms with Gasteiger partial charge in [-0.25, -0.2) is 0 Å². The molecule has 3 nitrogen and oxygen atoms in total. The molecule has 1 saturated heterocycles. The van der Waals surface area contributed by atoms with Crippen LogP contribution in [0, 0.1) is 5.92 Å². The Hall–Kier alpha value is -2.69. The van der Waals surface area contributed by atoms with Crippen molar-refractivity contribution < 1.29 is 5.11 Å². The van der Waals surface area contributed by atoms with Gasteiger partial charge in [0.2, 0.25) is 0 Å². The maximum atomic E-state index is 12.0. The molecule has 0 bridgehead atoms. The number of nitrogens with zero attached hydrogens (tertiary/aromatic N) is 1. The quantitative estimate of drug-likeness (QED) is 0.517. The van der Waals surface area contributed by atoms with Crippen molar-refractivity contribution in [1.82, 2.24) is 4.90 Å². The summed E-state index contributed by atoms with van der Waals surface area (Å²) < 4.78 is 0. The summed E-state index contributed by atoms with van der Waals surface area (Å²) in [6.45, 7) is 3.81. The Morgan fingerprint density at radius 2 is 1.42 bits per heavy atom. The third kappa shape index (κ3) is 4.51. The van der Waals surface area contributed by atoms with Gasteiger partial charge in [0.25, 0.3) is 0 Å². The predicted octanol–water partition coefficient (Wildman–Crippen LogP) is 5.59. The van der Waals surface area contributed by atoms with E-state index in [0.717, 1.165) is 54.3 Å². The van der Waals surface area contributed by atoms with Gasteiger partial charge in [-0.05, 0) is 60.2 Å². The van der Waals surface area contributed by atoms with E-state index in [1.54, 1.807) is 0 Å². The summed E-state index contributed by atoms with van der Waals surface area (Å²) in [7, 11) is 0. The van der Waals surface area contributed by atoms with Crippen molar-refractivity contribution in [2.75, 3.05) is 18.4 Å². The highest BCUT2D eigenvalue weighted by molar-refractivity contribution is 7.80. The number of anilines is 1. The number of aliphatic hydroxyl groups is 1. The SMILES string of the molecule is CCc1ccccc1NC(=S)N1CCC(C(O)(c2ccccc2)c2ccccc2)CC1. The molecule has 1 fully saturated rings. The van der Waals surface area contributed by atoms with E-state index in [1.807, 2.05) is 66.7 Å². The first-order valence-electron chi connectivity index (χ1n) is 11.1. The minimum atomic E-state index is -1.00. The third-order valence-corrected chi connectivity index (χ3v) is 6.80. The second-order valence-corrected chi connectivity index (χ2v) is 8.59. The van der Waals surface area contributed by atoms with Crippen LogP contribution in [0.4, 0.5) is 5.69 Å². The van der Waals surface area contributed by atoms with Crippen molar-refractivity contribution in [3.8, 4) is 0 Å². The van der Waals surface area contributed by atoms with Gasteiger partial charge in [0, 0.05) is 18.8 Å². The molecule has 0 aromatic heterocycles. The van der Waals surface area contributed by atoms with Gasteiger partial charge < -0.3 is 15.3 Å². The lowest BCUT2D eigenvalue weighted by Crippen LogP contribution is -2.47. The average Bonchev–Trinajstić information content (AvgIpc) is 2.85. The van der Waals surface area contributed by atoms with E-state index >= 15 is 0 Å². The second-order valence-electron chi connectivity index (χ2n) is 8.20. The molecule has 4 heteroatoms. The first-order chi connectivity index (χ1) is 15.1. The molecule has 31 heavy (non-hydrogen) atoms. The number of hydrogen-bond donors (Lipinski definition) is 2. The van der Waals surface area contributed by atoms with E-state index in [9.17, 15) is 5.11 Å². The van der Waals surface area contributed by atoms with Crippen LogP contribution in [0.5, 0.6) is 0 Å². The van der Waals surface area contributed by atoms with Gasteiger partial charge in [-0.1, -0.05) is 85.8 Å². The van der Waals surface area contributed by atoms with Crippen molar-refractivity contribution in [3.63, 3.8) is 0 Å². The molecular formula is C27H30N2OS. The van der Waals surface area contributed by atoms with Gasteiger partial charge in [-0.3, -0.25) is 0 Å².